The summed E-state index contributed by atoms with van der Waals surface area (Å²) in [5.41, 5.74) is 0. The van der Waals surface area contributed by atoms with Crippen LogP contribution >= 0.6 is 0 Å². The standard InChI is InChI=1S/C11H18O7/c1-14-8-6-17-11(18-7-8,10(13)16-3)5-4-9(12)15-2/h8H,4-7H2,1-3H3. The molecule has 1 aliphatic rings. The molecule has 0 N–H and O–H groups in total. The molecular weight excluding hydrogens is 244 g/mol. The molecule has 1 heterocycles. The van der Waals surface area contributed by atoms with Gasteiger partial charge < -0.3 is 23.7 Å². The van der Waals surface area contributed by atoms with Gasteiger partial charge in [-0.3, -0.25) is 4.79 Å². The topological polar surface area (TPSA) is 80.3 Å². The number of rotatable bonds is 5. The highest BCUT2D eigenvalue weighted by molar-refractivity contribution is 5.79. The van der Waals surface area contributed by atoms with E-state index in [1.807, 2.05) is 0 Å². The van der Waals surface area contributed by atoms with Crippen molar-refractivity contribution in [2.24, 2.45) is 0 Å². The number of ether oxygens (including phenoxy) is 5. The Balaban J connectivity index is 2.66. The van der Waals surface area contributed by atoms with Crippen molar-refractivity contribution in [1.29, 1.82) is 0 Å². The van der Waals surface area contributed by atoms with E-state index in [-0.39, 0.29) is 32.2 Å². The van der Waals surface area contributed by atoms with Crippen molar-refractivity contribution in [2.75, 3.05) is 34.5 Å². The summed E-state index contributed by atoms with van der Waals surface area (Å²) in [4.78, 5) is 22.8. The third-order valence-corrected chi connectivity index (χ3v) is 2.72. The van der Waals surface area contributed by atoms with Gasteiger partial charge >= 0.3 is 11.9 Å². The molecule has 0 saturated carbocycles. The zero-order valence-corrected chi connectivity index (χ0v) is 10.8. The molecular formula is C11H18O7. The van der Waals surface area contributed by atoms with Crippen LogP contribution in [0.25, 0.3) is 0 Å². The van der Waals surface area contributed by atoms with Gasteiger partial charge in [0.1, 0.15) is 6.10 Å². The molecule has 7 heteroatoms. The molecule has 104 valence electrons. The predicted octanol–water partition coefficient (Wildman–Crippen LogP) is -0.129. The minimum Gasteiger partial charge on any atom is -0.469 e. The van der Waals surface area contributed by atoms with Gasteiger partial charge in [0.2, 0.25) is 0 Å². The van der Waals surface area contributed by atoms with Crippen LogP contribution in [0.3, 0.4) is 0 Å². The lowest BCUT2D eigenvalue weighted by Crippen LogP contribution is -2.53. The summed E-state index contributed by atoms with van der Waals surface area (Å²) in [6.07, 6.45) is -0.188. The fourth-order valence-electron chi connectivity index (χ4n) is 1.57. The van der Waals surface area contributed by atoms with E-state index in [0.717, 1.165) is 0 Å². The minimum absolute atomic E-state index is 0.00322. The maximum Gasteiger partial charge on any atom is 0.366 e. The van der Waals surface area contributed by atoms with Gasteiger partial charge in [-0.1, -0.05) is 0 Å². The monoisotopic (exact) mass is 262 g/mol. The molecule has 1 fully saturated rings. The van der Waals surface area contributed by atoms with Crippen LogP contribution in [0.1, 0.15) is 12.8 Å². The molecule has 7 nitrogen and oxygen atoms in total. The number of carbonyl (C=O) groups excluding carboxylic acids is 2. The van der Waals surface area contributed by atoms with Gasteiger partial charge in [0.25, 0.3) is 5.79 Å². The summed E-state index contributed by atoms with van der Waals surface area (Å²) in [6, 6.07) is 0. The predicted molar refractivity (Wildman–Crippen MR) is 58.7 cm³/mol. The molecule has 0 unspecified atom stereocenters. The van der Waals surface area contributed by atoms with E-state index in [0.29, 0.717) is 0 Å². The minimum atomic E-state index is -1.54. The third kappa shape index (κ3) is 3.41. The Bertz CT molecular complexity index is 294. The van der Waals surface area contributed by atoms with E-state index < -0.39 is 17.7 Å². The molecule has 0 aromatic heterocycles. The summed E-state index contributed by atoms with van der Waals surface area (Å²) in [5.74, 6) is -2.65. The van der Waals surface area contributed by atoms with Crippen LogP contribution in [-0.4, -0.2) is 58.4 Å². The van der Waals surface area contributed by atoms with Crippen LogP contribution in [-0.2, 0) is 33.3 Å². The Morgan fingerprint density at radius 2 is 1.78 bits per heavy atom. The number of methoxy groups -OCH3 is 3. The van der Waals surface area contributed by atoms with Gasteiger partial charge in [-0.25, -0.2) is 4.79 Å². The molecule has 0 aromatic rings. The third-order valence-electron chi connectivity index (χ3n) is 2.72. The first-order valence-corrected chi connectivity index (χ1v) is 5.54. The molecule has 0 aliphatic carbocycles. The quantitative estimate of drug-likeness (QED) is 0.638. The van der Waals surface area contributed by atoms with Gasteiger partial charge in [0.05, 0.1) is 33.9 Å². The van der Waals surface area contributed by atoms with Gasteiger partial charge in [0, 0.05) is 13.5 Å². The fraction of sp³-hybridized carbons (Fsp3) is 0.818. The Kier molecular flexibility index (Phi) is 5.52. The van der Waals surface area contributed by atoms with E-state index in [9.17, 15) is 9.59 Å². The van der Waals surface area contributed by atoms with Crippen LogP contribution in [0.15, 0.2) is 0 Å². The van der Waals surface area contributed by atoms with E-state index in [4.69, 9.17) is 14.2 Å². The van der Waals surface area contributed by atoms with Crippen LogP contribution in [0.2, 0.25) is 0 Å². The second kappa shape index (κ2) is 6.67. The number of esters is 2. The highest BCUT2D eigenvalue weighted by Crippen LogP contribution is 2.27. The maximum absolute atomic E-state index is 11.7. The Labute approximate surface area is 105 Å². The Morgan fingerprint density at radius 1 is 1.17 bits per heavy atom. The smallest absolute Gasteiger partial charge is 0.366 e. The summed E-state index contributed by atoms with van der Waals surface area (Å²) in [6.45, 7) is 0.402. The van der Waals surface area contributed by atoms with Gasteiger partial charge in [-0.2, -0.15) is 0 Å². The summed E-state index contributed by atoms with van der Waals surface area (Å²) in [5, 5.41) is 0. The Hall–Kier alpha value is -1.18. The second-order valence-electron chi connectivity index (χ2n) is 3.80. The van der Waals surface area contributed by atoms with Crippen LogP contribution in [0.5, 0.6) is 0 Å². The normalized spacial score (nSPS) is 27.6. The van der Waals surface area contributed by atoms with Crippen molar-refractivity contribution in [3.63, 3.8) is 0 Å². The van der Waals surface area contributed by atoms with Gasteiger partial charge in [-0.05, 0) is 0 Å². The molecule has 0 aromatic carbocycles. The molecule has 0 bridgehead atoms. The number of carbonyl (C=O) groups is 2. The Morgan fingerprint density at radius 3 is 2.22 bits per heavy atom. The van der Waals surface area contributed by atoms with Crippen molar-refractivity contribution in [1.82, 2.24) is 0 Å². The molecule has 1 saturated heterocycles. The maximum atomic E-state index is 11.7. The summed E-state index contributed by atoms with van der Waals surface area (Å²) < 4.78 is 25.0. The fourth-order valence-corrected chi connectivity index (χ4v) is 1.57. The van der Waals surface area contributed by atoms with Gasteiger partial charge in [-0.15, -0.1) is 0 Å². The van der Waals surface area contributed by atoms with Crippen LogP contribution < -0.4 is 0 Å². The summed E-state index contributed by atoms with van der Waals surface area (Å²) >= 11 is 0. The summed E-state index contributed by atoms with van der Waals surface area (Å²) in [7, 11) is 4.03. The van der Waals surface area contributed by atoms with E-state index in [2.05, 4.69) is 9.47 Å². The average molecular weight is 262 g/mol. The molecule has 0 amide bonds. The average Bonchev–Trinajstić information content (AvgIpc) is 2.44. The van der Waals surface area contributed by atoms with E-state index in [1.165, 1.54) is 21.3 Å². The first-order chi connectivity index (χ1) is 8.57. The first-order valence-electron chi connectivity index (χ1n) is 5.54. The highest BCUT2D eigenvalue weighted by Gasteiger charge is 2.46. The lowest BCUT2D eigenvalue weighted by Gasteiger charge is -2.37. The van der Waals surface area contributed by atoms with Crippen LogP contribution in [0, 0.1) is 0 Å². The van der Waals surface area contributed by atoms with Crippen molar-refractivity contribution in [3.05, 3.63) is 0 Å². The zero-order valence-electron chi connectivity index (χ0n) is 10.8. The van der Waals surface area contributed by atoms with E-state index in [1.54, 1.807) is 0 Å². The first kappa shape index (κ1) is 14.9. The lowest BCUT2D eigenvalue weighted by atomic mass is 10.1. The number of hydrogen-bond donors (Lipinski definition) is 0. The molecule has 0 spiro atoms. The molecule has 0 atom stereocenters. The molecule has 1 rings (SSSR count). The zero-order chi connectivity index (χ0) is 13.6. The molecule has 0 radical (unpaired) electrons. The van der Waals surface area contributed by atoms with Crippen molar-refractivity contribution in [3.8, 4) is 0 Å². The molecule has 1 aliphatic heterocycles. The second-order valence-corrected chi connectivity index (χ2v) is 3.80. The number of hydrogen-bond acceptors (Lipinski definition) is 7. The van der Waals surface area contributed by atoms with Crippen molar-refractivity contribution >= 4 is 11.9 Å². The van der Waals surface area contributed by atoms with Crippen LogP contribution in [0.4, 0.5) is 0 Å². The largest absolute Gasteiger partial charge is 0.469 e. The van der Waals surface area contributed by atoms with Crippen molar-refractivity contribution < 1.29 is 33.3 Å². The van der Waals surface area contributed by atoms with Crippen molar-refractivity contribution in [2.45, 2.75) is 24.7 Å². The lowest BCUT2D eigenvalue weighted by molar-refractivity contribution is -0.293. The highest BCUT2D eigenvalue weighted by atomic mass is 16.7. The van der Waals surface area contributed by atoms with E-state index >= 15 is 0 Å². The molecule has 18 heavy (non-hydrogen) atoms. The van der Waals surface area contributed by atoms with Gasteiger partial charge in [0.15, 0.2) is 0 Å². The SMILES string of the molecule is COC(=O)CCC1(C(=O)OC)OCC(OC)CO1.